The van der Waals surface area contributed by atoms with Crippen LogP contribution in [0.15, 0.2) is 12.2 Å². The van der Waals surface area contributed by atoms with Gasteiger partial charge in [-0.15, -0.1) is 0 Å². The molecule has 1 rings (SSSR count). The van der Waals surface area contributed by atoms with E-state index in [2.05, 4.69) is 10.6 Å². The Labute approximate surface area is 135 Å². The average Bonchev–Trinajstić information content (AvgIpc) is 2.32. The van der Waals surface area contributed by atoms with Crippen molar-refractivity contribution in [3.05, 3.63) is 12.2 Å². The van der Waals surface area contributed by atoms with Crippen LogP contribution < -0.4 is 40.2 Å². The molecule has 100 valence electrons. The molecule has 6 heteroatoms. The number of imide groups is 2. The first-order valence-electron chi connectivity index (χ1n) is 6.30. The molecule has 0 aromatic heterocycles. The number of nitrogens with one attached hydrogen (secondary N) is 2. The van der Waals surface area contributed by atoms with Gasteiger partial charge >= 0.3 is 35.6 Å². The van der Waals surface area contributed by atoms with Crippen molar-refractivity contribution in [3.8, 4) is 0 Å². The van der Waals surface area contributed by atoms with Crippen LogP contribution in [-0.2, 0) is 9.59 Å². The van der Waals surface area contributed by atoms with Crippen LogP contribution in [-0.4, -0.2) is 17.8 Å². The average molecular weight is 275 g/mol. The van der Waals surface area contributed by atoms with E-state index in [1.165, 1.54) is 0 Å². The van der Waals surface area contributed by atoms with Gasteiger partial charge in [0.25, 0.3) is 0 Å². The second-order valence-electron chi connectivity index (χ2n) is 4.60. The topological polar surface area (TPSA) is 75.3 Å². The second kappa shape index (κ2) is 7.82. The minimum absolute atomic E-state index is 0. The molecule has 0 saturated carbocycles. The van der Waals surface area contributed by atoms with Crippen molar-refractivity contribution in [3.63, 3.8) is 0 Å². The molecule has 1 aliphatic heterocycles. The summed E-state index contributed by atoms with van der Waals surface area (Å²) in [7, 11) is 0. The Bertz CT molecular complexity index is 373. The van der Waals surface area contributed by atoms with E-state index in [9.17, 15) is 14.4 Å². The van der Waals surface area contributed by atoms with Crippen molar-refractivity contribution in [2.45, 2.75) is 40.0 Å². The Morgan fingerprint density at radius 3 is 2.05 bits per heavy atom. The van der Waals surface area contributed by atoms with Gasteiger partial charge in [0.05, 0.1) is 0 Å². The van der Waals surface area contributed by atoms with Crippen molar-refractivity contribution in [2.75, 3.05) is 0 Å². The Morgan fingerprint density at radius 1 is 1.11 bits per heavy atom. The van der Waals surface area contributed by atoms with Gasteiger partial charge in [0.2, 0.25) is 11.8 Å². The van der Waals surface area contributed by atoms with Crippen LogP contribution in [0.5, 0.6) is 0 Å². The molecule has 0 aromatic rings. The molecule has 0 aromatic carbocycles. The number of urea groups is 1. The summed E-state index contributed by atoms with van der Waals surface area (Å²) in [5.41, 5.74) is -1.17. The largest absolute Gasteiger partial charge is 1.00 e. The summed E-state index contributed by atoms with van der Waals surface area (Å²) in [4.78, 5) is 35.3. The summed E-state index contributed by atoms with van der Waals surface area (Å²) in [6.45, 7) is 5.76. The Balaban J connectivity index is 0.00000324. The maximum absolute atomic E-state index is 12.1. The fourth-order valence-corrected chi connectivity index (χ4v) is 2.18. The van der Waals surface area contributed by atoms with Crippen LogP contribution in [0, 0.1) is 11.3 Å². The standard InChI is InChI=1S/C13H20N2O3.Na/c1-4-6-7-8-13(9(3)5-2)10(16)14-12(18)15-11(13)17;/h6-7,9H,4-5,8H2,1-3H3,(H2,14,15,16,17,18);/q;+1. The molecule has 1 heterocycles. The van der Waals surface area contributed by atoms with E-state index in [4.69, 9.17) is 0 Å². The Hall–Kier alpha value is -0.650. The first-order chi connectivity index (χ1) is 8.48. The van der Waals surface area contributed by atoms with Crippen molar-refractivity contribution in [1.29, 1.82) is 0 Å². The van der Waals surface area contributed by atoms with Crippen LogP contribution in [0.2, 0.25) is 0 Å². The van der Waals surface area contributed by atoms with Gasteiger partial charge < -0.3 is 0 Å². The third kappa shape index (κ3) is 3.68. The molecule has 1 aliphatic rings. The molecule has 1 atom stereocenters. The molecule has 4 amide bonds. The molecule has 0 spiro atoms. The van der Waals surface area contributed by atoms with E-state index in [0.29, 0.717) is 12.8 Å². The van der Waals surface area contributed by atoms with Crippen LogP contribution in [0.4, 0.5) is 4.79 Å². The van der Waals surface area contributed by atoms with Crippen molar-refractivity contribution in [2.24, 2.45) is 11.3 Å². The minimum Gasteiger partial charge on any atom is -0.277 e. The fourth-order valence-electron chi connectivity index (χ4n) is 2.18. The van der Waals surface area contributed by atoms with E-state index in [1.807, 2.05) is 32.9 Å². The Kier molecular flexibility index (Phi) is 7.55. The van der Waals surface area contributed by atoms with Crippen LogP contribution in [0.1, 0.15) is 40.0 Å². The van der Waals surface area contributed by atoms with Gasteiger partial charge in [0.1, 0.15) is 5.41 Å². The summed E-state index contributed by atoms with van der Waals surface area (Å²) >= 11 is 0. The quantitative estimate of drug-likeness (QED) is 0.374. The molecule has 2 N–H and O–H groups in total. The zero-order valence-corrected chi connectivity index (χ0v) is 14.1. The van der Waals surface area contributed by atoms with Gasteiger partial charge in [-0.1, -0.05) is 39.3 Å². The minimum atomic E-state index is -1.17. The number of amides is 4. The molecule has 1 fully saturated rings. The van der Waals surface area contributed by atoms with E-state index in [0.717, 1.165) is 6.42 Å². The summed E-state index contributed by atoms with van der Waals surface area (Å²) in [6, 6.07) is -0.733. The number of carbonyl (C=O) groups excluding carboxylic acids is 3. The van der Waals surface area contributed by atoms with Crippen LogP contribution in [0.25, 0.3) is 0 Å². The Morgan fingerprint density at radius 2 is 1.63 bits per heavy atom. The van der Waals surface area contributed by atoms with Gasteiger partial charge in [0, 0.05) is 0 Å². The van der Waals surface area contributed by atoms with E-state index in [1.54, 1.807) is 0 Å². The third-order valence-electron chi connectivity index (χ3n) is 3.56. The monoisotopic (exact) mass is 275 g/mol. The molecule has 19 heavy (non-hydrogen) atoms. The predicted octanol–water partition coefficient (Wildman–Crippen LogP) is -1.25. The summed E-state index contributed by atoms with van der Waals surface area (Å²) in [5.74, 6) is -1.12. The van der Waals surface area contributed by atoms with Gasteiger partial charge in [0.15, 0.2) is 0 Å². The van der Waals surface area contributed by atoms with Gasteiger partial charge in [-0.3, -0.25) is 20.2 Å². The van der Waals surface area contributed by atoms with Crippen LogP contribution in [0.3, 0.4) is 0 Å². The zero-order chi connectivity index (χ0) is 13.8. The molecular formula is C13H20N2NaO3+. The molecule has 5 nitrogen and oxygen atoms in total. The molecular weight excluding hydrogens is 255 g/mol. The normalized spacial score (nSPS) is 19.6. The van der Waals surface area contributed by atoms with Crippen molar-refractivity contribution >= 4 is 17.8 Å². The van der Waals surface area contributed by atoms with Gasteiger partial charge in [-0.05, 0) is 18.8 Å². The van der Waals surface area contributed by atoms with E-state index in [-0.39, 0.29) is 35.5 Å². The molecule has 0 bridgehead atoms. The number of allylic oxidation sites excluding steroid dienone is 2. The molecule has 1 saturated heterocycles. The molecule has 0 aliphatic carbocycles. The van der Waals surface area contributed by atoms with Crippen LogP contribution >= 0.6 is 0 Å². The maximum Gasteiger partial charge on any atom is 1.00 e. The molecule has 1 unspecified atom stereocenters. The van der Waals surface area contributed by atoms with E-state index >= 15 is 0 Å². The van der Waals surface area contributed by atoms with Crippen molar-refractivity contribution < 1.29 is 43.9 Å². The van der Waals surface area contributed by atoms with Crippen molar-refractivity contribution in [1.82, 2.24) is 10.6 Å². The number of rotatable bonds is 5. The number of barbiturate groups is 1. The van der Waals surface area contributed by atoms with Gasteiger partial charge in [-0.25, -0.2) is 4.79 Å². The number of carbonyl (C=O) groups is 3. The van der Waals surface area contributed by atoms with E-state index < -0.39 is 23.3 Å². The molecule has 0 radical (unpaired) electrons. The smallest absolute Gasteiger partial charge is 0.277 e. The summed E-state index contributed by atoms with van der Waals surface area (Å²) < 4.78 is 0. The summed E-state index contributed by atoms with van der Waals surface area (Å²) in [5, 5.41) is 4.40. The third-order valence-corrected chi connectivity index (χ3v) is 3.56. The first-order valence-corrected chi connectivity index (χ1v) is 6.30. The SMILES string of the molecule is CCC=CCC1(C(C)CC)C(=O)NC(=O)NC1=O.[Na+]. The predicted molar refractivity (Wildman–Crippen MR) is 67.6 cm³/mol. The summed E-state index contributed by atoms with van der Waals surface area (Å²) in [6.07, 6.45) is 5.61. The number of hydrogen-bond donors (Lipinski definition) is 2. The second-order valence-corrected chi connectivity index (χ2v) is 4.60. The van der Waals surface area contributed by atoms with Gasteiger partial charge in [-0.2, -0.15) is 0 Å². The maximum atomic E-state index is 12.1. The first kappa shape index (κ1) is 18.4. The fraction of sp³-hybridized carbons (Fsp3) is 0.615. The number of hydrogen-bond acceptors (Lipinski definition) is 3. The zero-order valence-electron chi connectivity index (χ0n) is 12.1.